The summed E-state index contributed by atoms with van der Waals surface area (Å²) in [6.45, 7) is 8.84. The SMILES string of the molecule is CC(C)c1nc(C(=O)N2CCOC3(CCN(Cc4ccc(F)c(CCNC[C@H](O)c5ccc(O)c6[nH]c(=O)sc56)c4)CC3)C2)cs1.O=C(O)c1ccoc1. The zero-order valence-electron chi connectivity index (χ0n) is 30.0. The number of carboxylic acids is 1. The van der Waals surface area contributed by atoms with Crippen LogP contribution in [0.25, 0.3) is 10.2 Å². The number of piperidine rings is 1. The first-order valence-corrected chi connectivity index (χ1v) is 19.5. The second-order valence-electron chi connectivity index (χ2n) is 13.9. The van der Waals surface area contributed by atoms with Crippen molar-refractivity contribution in [1.82, 2.24) is 25.1 Å². The number of carbonyl (C=O) groups excluding carboxylic acids is 1. The number of H-pyrrole nitrogens is 1. The van der Waals surface area contributed by atoms with Gasteiger partial charge in [-0.2, -0.15) is 0 Å². The predicted octanol–water partition coefficient (Wildman–Crippen LogP) is 5.36. The van der Waals surface area contributed by atoms with Crippen molar-refractivity contribution in [2.24, 2.45) is 0 Å². The monoisotopic (exact) mass is 781 g/mol. The van der Waals surface area contributed by atoms with Gasteiger partial charge in [-0.1, -0.05) is 43.4 Å². The second-order valence-corrected chi connectivity index (χ2v) is 15.7. The third-order valence-electron chi connectivity index (χ3n) is 9.68. The Morgan fingerprint density at radius 2 is 1.94 bits per heavy atom. The van der Waals surface area contributed by atoms with Crippen LogP contribution in [0, 0.1) is 5.82 Å². The summed E-state index contributed by atoms with van der Waals surface area (Å²) in [5.74, 6) is -0.983. The number of likely N-dealkylation sites (tertiary alicyclic amines) is 1. The quantitative estimate of drug-likeness (QED) is 0.109. The molecule has 1 amide bonds. The molecule has 54 heavy (non-hydrogen) atoms. The number of aromatic hydroxyl groups is 1. The Balaban J connectivity index is 0.000000552. The Morgan fingerprint density at radius 1 is 1.15 bits per heavy atom. The lowest BCUT2D eigenvalue weighted by Crippen LogP contribution is -2.58. The highest BCUT2D eigenvalue weighted by molar-refractivity contribution is 7.16. The first-order chi connectivity index (χ1) is 25.9. The van der Waals surface area contributed by atoms with Crippen molar-refractivity contribution in [1.29, 1.82) is 0 Å². The van der Waals surface area contributed by atoms with Crippen LogP contribution in [0.2, 0.25) is 0 Å². The Morgan fingerprint density at radius 3 is 2.63 bits per heavy atom. The van der Waals surface area contributed by atoms with Crippen molar-refractivity contribution in [3.05, 3.63) is 103 Å². The van der Waals surface area contributed by atoms with Gasteiger partial charge in [0.2, 0.25) is 0 Å². The highest BCUT2D eigenvalue weighted by Gasteiger charge is 2.41. The topological polar surface area (TPSA) is 181 Å². The van der Waals surface area contributed by atoms with Gasteiger partial charge in [0.05, 0.1) is 46.4 Å². The second kappa shape index (κ2) is 17.3. The number of amides is 1. The molecule has 0 unspecified atom stereocenters. The number of nitrogens with one attached hydrogen (secondary N) is 2. The minimum absolute atomic E-state index is 0.0206. The van der Waals surface area contributed by atoms with E-state index in [1.54, 1.807) is 6.07 Å². The Labute approximate surface area is 319 Å². The van der Waals surface area contributed by atoms with Gasteiger partial charge in [-0.25, -0.2) is 14.2 Å². The molecule has 2 aliphatic heterocycles. The summed E-state index contributed by atoms with van der Waals surface area (Å²) in [6.07, 6.45) is 3.70. The molecule has 288 valence electrons. The van der Waals surface area contributed by atoms with Gasteiger partial charge < -0.3 is 39.7 Å². The van der Waals surface area contributed by atoms with Crippen LogP contribution in [0.5, 0.6) is 5.75 Å². The molecule has 0 saturated carbocycles. The summed E-state index contributed by atoms with van der Waals surface area (Å²) in [4.78, 5) is 46.1. The van der Waals surface area contributed by atoms with E-state index < -0.39 is 12.1 Å². The molecular formula is C38H44FN5O8S2. The van der Waals surface area contributed by atoms with Crippen LogP contribution >= 0.6 is 22.7 Å². The highest BCUT2D eigenvalue weighted by atomic mass is 32.1. The summed E-state index contributed by atoms with van der Waals surface area (Å²) in [7, 11) is 0. The van der Waals surface area contributed by atoms with E-state index >= 15 is 0 Å². The standard InChI is InChI=1S/C33H40FN5O5S2.C5H4O3/c1-20(2)30-36-25(18-45-30)31(42)39-13-14-44-33(19-39)8-11-38(12-9-33)17-21-3-5-24(34)22(15-21)7-10-35-16-27(41)23-4-6-26(40)28-29(23)46-32(43)37-28;6-5(7)4-1-2-8-3-4/h3-6,15,18,20,27,35,40-41H,7-14,16-17,19H2,1-2H3,(H,37,43);1-3H,(H,6,7)/t27-;/m0./s1. The summed E-state index contributed by atoms with van der Waals surface area (Å²) in [5.41, 5.74) is 2.88. The molecule has 2 aromatic carbocycles. The molecule has 1 spiro atoms. The number of furan rings is 1. The number of halogens is 1. The molecule has 16 heteroatoms. The van der Waals surface area contributed by atoms with Crippen molar-refractivity contribution in [3.63, 3.8) is 0 Å². The molecule has 0 radical (unpaired) electrons. The number of aromatic carboxylic acids is 1. The summed E-state index contributed by atoms with van der Waals surface area (Å²) < 4.78 is 26.0. The van der Waals surface area contributed by atoms with Crippen LogP contribution in [0.15, 0.2) is 63.5 Å². The number of hydrogen-bond donors (Lipinski definition) is 5. The van der Waals surface area contributed by atoms with Gasteiger partial charge in [0.15, 0.2) is 0 Å². The average molecular weight is 782 g/mol. The van der Waals surface area contributed by atoms with Gasteiger partial charge in [0.1, 0.15) is 29.0 Å². The lowest BCUT2D eigenvalue weighted by molar-refractivity contribution is -0.128. The van der Waals surface area contributed by atoms with Crippen LogP contribution in [0.4, 0.5) is 4.39 Å². The van der Waals surface area contributed by atoms with E-state index in [1.807, 2.05) is 22.4 Å². The van der Waals surface area contributed by atoms with Crippen LogP contribution < -0.4 is 10.2 Å². The highest BCUT2D eigenvalue weighted by Crippen LogP contribution is 2.33. The number of rotatable bonds is 11. The number of thiazole rings is 2. The molecule has 5 N–H and O–H groups in total. The van der Waals surface area contributed by atoms with Crippen molar-refractivity contribution in [3.8, 4) is 5.75 Å². The predicted molar refractivity (Wildman–Crippen MR) is 203 cm³/mol. The molecule has 7 rings (SSSR count). The van der Waals surface area contributed by atoms with Gasteiger partial charge in [-0.05, 0) is 55.1 Å². The van der Waals surface area contributed by atoms with Gasteiger partial charge in [0.25, 0.3) is 5.91 Å². The minimum Gasteiger partial charge on any atom is -0.506 e. The Bertz CT molecular complexity index is 2110. The van der Waals surface area contributed by atoms with E-state index in [2.05, 4.69) is 38.4 Å². The third kappa shape index (κ3) is 9.43. The van der Waals surface area contributed by atoms with Crippen LogP contribution in [0.1, 0.15) is 81.3 Å². The smallest absolute Gasteiger partial charge is 0.338 e. The number of benzene rings is 2. The number of hydrogen-bond acceptors (Lipinski definition) is 12. The fourth-order valence-electron chi connectivity index (χ4n) is 6.69. The van der Waals surface area contributed by atoms with Crippen molar-refractivity contribution in [2.75, 3.05) is 45.9 Å². The largest absolute Gasteiger partial charge is 0.506 e. The maximum absolute atomic E-state index is 14.7. The number of aliphatic hydroxyl groups excluding tert-OH is 1. The maximum atomic E-state index is 14.7. The average Bonchev–Trinajstić information content (AvgIpc) is 3.95. The van der Waals surface area contributed by atoms with Gasteiger partial charge >= 0.3 is 10.8 Å². The van der Waals surface area contributed by atoms with E-state index in [-0.39, 0.29) is 40.1 Å². The lowest BCUT2D eigenvalue weighted by atomic mass is 9.89. The van der Waals surface area contributed by atoms with Gasteiger partial charge in [-0.15, -0.1) is 11.3 Å². The molecule has 13 nitrogen and oxygen atoms in total. The number of aliphatic hydroxyl groups is 1. The zero-order chi connectivity index (χ0) is 38.4. The van der Waals surface area contributed by atoms with Crippen LogP contribution in [-0.2, 0) is 17.7 Å². The van der Waals surface area contributed by atoms with Gasteiger partial charge in [-0.3, -0.25) is 14.5 Å². The van der Waals surface area contributed by atoms with Crippen molar-refractivity contribution in [2.45, 2.75) is 57.3 Å². The number of nitrogens with zero attached hydrogens (tertiary/aromatic N) is 3. The molecule has 5 heterocycles. The number of phenolic OH excluding ortho intramolecular Hbond substituents is 1. The number of morpholine rings is 1. The normalized spacial score (nSPS) is 16.4. The van der Waals surface area contributed by atoms with Crippen LogP contribution in [0.3, 0.4) is 0 Å². The maximum Gasteiger partial charge on any atom is 0.338 e. The van der Waals surface area contributed by atoms with Crippen molar-refractivity contribution >= 4 is 44.8 Å². The van der Waals surface area contributed by atoms with E-state index in [9.17, 15) is 29.0 Å². The molecule has 2 aliphatic rings. The van der Waals surface area contributed by atoms with E-state index in [0.717, 1.165) is 47.8 Å². The number of ether oxygens (including phenoxy) is 1. The van der Waals surface area contributed by atoms with Crippen molar-refractivity contribution < 1.29 is 38.5 Å². The zero-order valence-corrected chi connectivity index (χ0v) is 31.7. The number of carboxylic acid groups (broad SMARTS) is 1. The minimum atomic E-state index is -0.959. The summed E-state index contributed by atoms with van der Waals surface area (Å²) in [5, 5.41) is 35.0. The van der Waals surface area contributed by atoms with E-state index in [0.29, 0.717) is 72.2 Å². The molecule has 2 fully saturated rings. The number of aromatic amines is 1. The number of carbonyl (C=O) groups is 2. The Hall–Kier alpha value is -4.45. The first kappa shape index (κ1) is 39.2. The van der Waals surface area contributed by atoms with E-state index in [1.165, 1.54) is 42.1 Å². The number of aromatic nitrogens is 2. The molecule has 1 atom stereocenters. The number of phenols is 1. The Kier molecular flexibility index (Phi) is 12.6. The molecule has 2 saturated heterocycles. The molecule has 0 bridgehead atoms. The summed E-state index contributed by atoms with van der Waals surface area (Å²) in [6, 6.07) is 9.71. The third-order valence-corrected chi connectivity index (χ3v) is 11.8. The fraction of sp³-hybridized carbons (Fsp3) is 0.421. The lowest BCUT2D eigenvalue weighted by Gasteiger charge is -2.47. The molecule has 0 aliphatic carbocycles. The number of fused-ring (bicyclic) bond motifs is 1. The first-order valence-electron chi connectivity index (χ1n) is 17.8. The molecule has 5 aromatic rings. The van der Waals surface area contributed by atoms with Crippen LogP contribution in [-0.4, -0.2) is 98.4 Å². The molecular weight excluding hydrogens is 738 g/mol. The van der Waals surface area contributed by atoms with E-state index in [4.69, 9.17) is 9.84 Å². The molecule has 3 aromatic heterocycles. The summed E-state index contributed by atoms with van der Waals surface area (Å²) >= 11 is 2.48. The fourth-order valence-corrected chi connectivity index (χ4v) is 8.42. The van der Waals surface area contributed by atoms with Gasteiger partial charge in [0, 0.05) is 49.6 Å².